The molecule has 0 saturated carbocycles. The summed E-state index contributed by atoms with van der Waals surface area (Å²) in [6.45, 7) is 1.96. The monoisotopic (exact) mass is 326 g/mol. The van der Waals surface area contributed by atoms with Gasteiger partial charge in [-0.05, 0) is 18.6 Å². The second-order valence-corrected chi connectivity index (χ2v) is 4.66. The third-order valence-corrected chi connectivity index (χ3v) is 3.10. The van der Waals surface area contributed by atoms with Gasteiger partial charge in [-0.2, -0.15) is 0 Å². The Balaban J connectivity index is 0.00000242. The molecule has 0 bridgehead atoms. The summed E-state index contributed by atoms with van der Waals surface area (Å²) in [5.74, 6) is -0.527. The van der Waals surface area contributed by atoms with Gasteiger partial charge in [0.1, 0.15) is 5.52 Å². The van der Waals surface area contributed by atoms with Gasteiger partial charge in [0.15, 0.2) is 0 Å². The predicted octanol–water partition coefficient (Wildman–Crippen LogP) is 1.84. The highest BCUT2D eigenvalue weighted by molar-refractivity contribution is 6.03. The van der Waals surface area contributed by atoms with Gasteiger partial charge in [0.25, 0.3) is 0 Å². The van der Waals surface area contributed by atoms with Gasteiger partial charge in [-0.25, -0.2) is 9.78 Å². The normalized spacial score (nSPS) is 11.6. The second-order valence-electron chi connectivity index (χ2n) is 4.66. The molecule has 8 heteroatoms. The molecule has 2 aromatic rings. The summed E-state index contributed by atoms with van der Waals surface area (Å²) < 4.78 is 4.70. The second kappa shape index (κ2) is 7.77. The largest absolute Gasteiger partial charge is 0.465 e. The first-order chi connectivity index (χ1) is 10.1. The minimum atomic E-state index is -0.580. The Hall–Kier alpha value is -2.12. The summed E-state index contributed by atoms with van der Waals surface area (Å²) in [4.78, 5) is 30.7. The van der Waals surface area contributed by atoms with Crippen LogP contribution in [0.15, 0.2) is 18.2 Å². The third-order valence-electron chi connectivity index (χ3n) is 3.10. The summed E-state index contributed by atoms with van der Waals surface area (Å²) in [7, 11) is 1.31. The number of nitrogens with zero attached hydrogens (tertiary/aromatic N) is 1. The van der Waals surface area contributed by atoms with Gasteiger partial charge in [-0.3, -0.25) is 10.1 Å². The number of amides is 1. The van der Waals surface area contributed by atoms with E-state index in [2.05, 4.69) is 15.3 Å². The Kier molecular flexibility index (Phi) is 6.33. The number of ether oxygens (including phenoxy) is 1. The minimum Gasteiger partial charge on any atom is -0.465 e. The molecular weight excluding hydrogens is 308 g/mol. The fourth-order valence-electron chi connectivity index (χ4n) is 2.02. The number of halogens is 1. The van der Waals surface area contributed by atoms with Crippen LogP contribution in [-0.2, 0) is 9.53 Å². The Labute approximate surface area is 134 Å². The number of carbonyl (C=O) groups excluding carboxylic acids is 2. The lowest BCUT2D eigenvalue weighted by Crippen LogP contribution is -2.35. The van der Waals surface area contributed by atoms with Crippen molar-refractivity contribution in [2.75, 3.05) is 12.4 Å². The highest BCUT2D eigenvalue weighted by atomic mass is 35.5. The van der Waals surface area contributed by atoms with E-state index in [1.165, 1.54) is 7.11 Å². The van der Waals surface area contributed by atoms with Gasteiger partial charge >= 0.3 is 5.97 Å². The van der Waals surface area contributed by atoms with Crippen LogP contribution in [0.4, 0.5) is 5.95 Å². The molecule has 1 unspecified atom stereocenters. The van der Waals surface area contributed by atoms with Gasteiger partial charge in [0, 0.05) is 0 Å². The maximum atomic E-state index is 11.9. The van der Waals surface area contributed by atoms with Crippen molar-refractivity contribution in [3.8, 4) is 0 Å². The number of methoxy groups -OCH3 is 1. The lowest BCUT2D eigenvalue weighted by Gasteiger charge is -2.08. The molecule has 0 aliphatic heterocycles. The molecule has 22 heavy (non-hydrogen) atoms. The predicted molar refractivity (Wildman–Crippen MR) is 86.2 cm³/mol. The van der Waals surface area contributed by atoms with Crippen LogP contribution in [0, 0.1) is 0 Å². The highest BCUT2D eigenvalue weighted by Crippen LogP contribution is 2.19. The number of H-pyrrole nitrogens is 1. The van der Waals surface area contributed by atoms with E-state index in [1.807, 2.05) is 6.92 Å². The molecule has 0 spiro atoms. The summed E-state index contributed by atoms with van der Waals surface area (Å²) in [5, 5.41) is 2.62. The number of rotatable bonds is 5. The number of aromatic nitrogens is 2. The molecule has 0 radical (unpaired) electrons. The molecule has 1 aromatic heterocycles. The average Bonchev–Trinajstić information content (AvgIpc) is 2.88. The molecule has 1 amide bonds. The first-order valence-electron chi connectivity index (χ1n) is 6.70. The zero-order valence-electron chi connectivity index (χ0n) is 12.4. The Morgan fingerprint density at radius 3 is 2.82 bits per heavy atom. The van der Waals surface area contributed by atoms with E-state index in [1.54, 1.807) is 18.2 Å². The van der Waals surface area contributed by atoms with Crippen LogP contribution in [0.2, 0.25) is 0 Å². The number of hydrogen-bond acceptors (Lipinski definition) is 5. The van der Waals surface area contributed by atoms with E-state index >= 15 is 0 Å². The quantitative estimate of drug-likeness (QED) is 0.726. The van der Waals surface area contributed by atoms with E-state index in [9.17, 15) is 9.59 Å². The molecular formula is C14H19ClN4O3. The zero-order valence-corrected chi connectivity index (χ0v) is 13.2. The van der Waals surface area contributed by atoms with Gasteiger partial charge in [-0.15, -0.1) is 12.4 Å². The first-order valence-corrected chi connectivity index (χ1v) is 6.70. The summed E-state index contributed by atoms with van der Waals surface area (Å²) in [5.41, 5.74) is 7.16. The lowest BCUT2D eigenvalue weighted by atomic mass is 10.2. The Morgan fingerprint density at radius 1 is 1.45 bits per heavy atom. The molecule has 1 heterocycles. The fraction of sp³-hybridized carbons (Fsp3) is 0.357. The number of imidazole rings is 1. The van der Waals surface area contributed by atoms with Crippen LogP contribution in [0.1, 0.15) is 30.1 Å². The van der Waals surface area contributed by atoms with Crippen molar-refractivity contribution in [3.05, 3.63) is 23.8 Å². The van der Waals surface area contributed by atoms with E-state index in [0.29, 0.717) is 23.0 Å². The Morgan fingerprint density at radius 2 is 2.18 bits per heavy atom. The molecule has 1 atom stereocenters. The number of hydrogen-bond donors (Lipinski definition) is 3. The molecule has 0 fully saturated rings. The number of carbonyl (C=O) groups is 2. The van der Waals surface area contributed by atoms with Gasteiger partial charge in [0.05, 0.1) is 24.2 Å². The van der Waals surface area contributed by atoms with Crippen LogP contribution >= 0.6 is 12.4 Å². The number of benzene rings is 1. The molecule has 0 saturated heterocycles. The van der Waals surface area contributed by atoms with Crippen molar-refractivity contribution < 1.29 is 14.3 Å². The summed E-state index contributed by atoms with van der Waals surface area (Å²) in [6.07, 6.45) is 1.42. The van der Waals surface area contributed by atoms with E-state index < -0.39 is 12.0 Å². The van der Waals surface area contributed by atoms with Crippen LogP contribution in [0.3, 0.4) is 0 Å². The zero-order chi connectivity index (χ0) is 15.4. The highest BCUT2D eigenvalue weighted by Gasteiger charge is 2.17. The number of nitrogens with two attached hydrogens (primary N) is 1. The molecule has 1 aromatic carbocycles. The van der Waals surface area contributed by atoms with Crippen LogP contribution in [0.25, 0.3) is 11.0 Å². The van der Waals surface area contributed by atoms with E-state index in [-0.39, 0.29) is 24.3 Å². The summed E-state index contributed by atoms with van der Waals surface area (Å²) >= 11 is 0. The van der Waals surface area contributed by atoms with Crippen molar-refractivity contribution in [2.24, 2.45) is 5.73 Å². The van der Waals surface area contributed by atoms with Gasteiger partial charge < -0.3 is 15.5 Å². The standard InChI is InChI=1S/C14H18N4O3.ClH/c1-3-5-9(15)12(19)18-14-16-10-7-4-6-8(11(10)17-14)13(20)21-2;/h4,6-7,9H,3,5,15H2,1-2H3,(H2,16,17,18,19);1H. The topological polar surface area (TPSA) is 110 Å². The third kappa shape index (κ3) is 3.75. The van der Waals surface area contributed by atoms with Crippen LogP contribution < -0.4 is 11.1 Å². The van der Waals surface area contributed by atoms with E-state index in [4.69, 9.17) is 10.5 Å². The maximum absolute atomic E-state index is 11.9. The van der Waals surface area contributed by atoms with Crippen molar-refractivity contribution in [3.63, 3.8) is 0 Å². The minimum absolute atomic E-state index is 0. The number of fused-ring (bicyclic) bond motifs is 1. The first kappa shape index (κ1) is 17.9. The van der Waals surface area contributed by atoms with Crippen LogP contribution in [-0.4, -0.2) is 35.0 Å². The molecule has 4 N–H and O–H groups in total. The molecule has 7 nitrogen and oxygen atoms in total. The number of anilines is 1. The number of para-hydroxylation sites is 1. The molecule has 2 rings (SSSR count). The maximum Gasteiger partial charge on any atom is 0.340 e. The Bertz CT molecular complexity index is 671. The van der Waals surface area contributed by atoms with Crippen molar-refractivity contribution in [1.29, 1.82) is 0 Å². The SMILES string of the molecule is CCCC(N)C(=O)Nc1nc2c(C(=O)OC)cccc2[nH]1.Cl. The summed E-state index contributed by atoms with van der Waals surface area (Å²) in [6, 6.07) is 4.50. The molecule has 120 valence electrons. The molecule has 0 aliphatic rings. The van der Waals surface area contributed by atoms with Crippen molar-refractivity contribution in [1.82, 2.24) is 9.97 Å². The van der Waals surface area contributed by atoms with Crippen molar-refractivity contribution >= 4 is 41.3 Å². The van der Waals surface area contributed by atoms with Crippen molar-refractivity contribution in [2.45, 2.75) is 25.8 Å². The number of aromatic amines is 1. The average molecular weight is 327 g/mol. The van der Waals surface area contributed by atoms with Gasteiger partial charge in [0.2, 0.25) is 11.9 Å². The number of esters is 1. The molecule has 0 aliphatic carbocycles. The lowest BCUT2D eigenvalue weighted by molar-refractivity contribution is -0.117. The van der Waals surface area contributed by atoms with Gasteiger partial charge in [-0.1, -0.05) is 19.4 Å². The fourth-order valence-corrected chi connectivity index (χ4v) is 2.02. The smallest absolute Gasteiger partial charge is 0.340 e. The van der Waals surface area contributed by atoms with E-state index in [0.717, 1.165) is 6.42 Å². The van der Waals surface area contributed by atoms with Crippen LogP contribution in [0.5, 0.6) is 0 Å². The number of nitrogens with one attached hydrogen (secondary N) is 2.